The van der Waals surface area contributed by atoms with Crippen LogP contribution in [0.5, 0.6) is 0 Å². The molecular weight excluding hydrogens is 1150 g/mol. The van der Waals surface area contributed by atoms with Gasteiger partial charge in [0.2, 0.25) is 0 Å². The molecular formula is C47H58F12N14O10. The van der Waals surface area contributed by atoms with Crippen molar-refractivity contribution in [2.24, 2.45) is 0 Å². The molecule has 0 radical (unpaired) electrons. The molecule has 6 aromatic rings. The van der Waals surface area contributed by atoms with Crippen LogP contribution in [0.1, 0.15) is 75.0 Å². The molecule has 0 aliphatic carbocycles. The predicted molar refractivity (Wildman–Crippen MR) is 264 cm³/mol. The molecule has 0 saturated carbocycles. The molecule has 8 rings (SSSR count). The highest BCUT2D eigenvalue weighted by molar-refractivity contribution is 5.93. The Hall–Kier alpha value is -7.86. The van der Waals surface area contributed by atoms with Crippen molar-refractivity contribution in [2.75, 3.05) is 68.4 Å². The van der Waals surface area contributed by atoms with Gasteiger partial charge in [-0.05, 0) is 73.4 Å². The number of fused-ring (bicyclic) bond motifs is 2. The molecule has 4 aromatic heterocycles. The van der Waals surface area contributed by atoms with Crippen molar-refractivity contribution in [3.05, 3.63) is 81.9 Å². The van der Waals surface area contributed by atoms with E-state index < -0.39 is 86.1 Å². The molecule has 3 unspecified atom stereocenters. The molecule has 2 saturated heterocycles. The Labute approximate surface area is 462 Å². The quantitative estimate of drug-likeness (QED) is 0.0448. The number of halogens is 12. The van der Waals surface area contributed by atoms with Gasteiger partial charge in [0.1, 0.15) is 41.7 Å². The highest BCUT2D eigenvalue weighted by Crippen LogP contribution is 2.33. The molecule has 2 aliphatic heterocycles. The fourth-order valence-corrected chi connectivity index (χ4v) is 7.08. The average Bonchev–Trinajstić information content (AvgIpc) is 4.25. The largest absolute Gasteiger partial charge is 0.416 e. The first kappa shape index (κ1) is 67.6. The lowest BCUT2D eigenvalue weighted by Crippen LogP contribution is -2.40. The first-order chi connectivity index (χ1) is 38.7. The van der Waals surface area contributed by atoms with Crippen molar-refractivity contribution in [3.8, 4) is 0 Å². The zero-order chi connectivity index (χ0) is 62.3. The number of amides is 6. The maximum absolute atomic E-state index is 13.1. The van der Waals surface area contributed by atoms with Gasteiger partial charge in [-0.3, -0.25) is 9.59 Å². The van der Waals surface area contributed by atoms with Gasteiger partial charge in [0.15, 0.2) is 17.0 Å². The first-order valence-electron chi connectivity index (χ1n) is 24.1. The Kier molecular flexibility index (Phi) is 23.6. The molecule has 36 heteroatoms. The smallest absolute Gasteiger partial charge is 0.388 e. The Balaban J connectivity index is 0.000000264. The van der Waals surface area contributed by atoms with Gasteiger partial charge in [0, 0.05) is 48.5 Å². The number of ether oxygens (including phenoxy) is 4. The predicted octanol–water partition coefficient (Wildman–Crippen LogP) is 6.94. The number of nitrogens with zero attached hydrogens (tertiary/aromatic N) is 8. The van der Waals surface area contributed by atoms with Crippen LogP contribution < -0.4 is 21.3 Å². The number of alkyl halides is 12. The minimum Gasteiger partial charge on any atom is -0.388 e. The molecule has 24 nitrogen and oxygen atoms in total. The summed E-state index contributed by atoms with van der Waals surface area (Å²) in [5.41, 5.74) is 2.58. The van der Waals surface area contributed by atoms with Crippen LogP contribution in [0.25, 0.3) is 22.1 Å². The number of carbonyl (C=O) groups excluding carboxylic acids is 4. The summed E-state index contributed by atoms with van der Waals surface area (Å²) in [5.74, 6) is 0.113. The van der Waals surface area contributed by atoms with Crippen molar-refractivity contribution in [3.63, 3.8) is 0 Å². The maximum atomic E-state index is 13.1. The number of hydrogen-bond acceptors (Lipinski definition) is 16. The van der Waals surface area contributed by atoms with E-state index in [2.05, 4.69) is 74.7 Å². The zero-order valence-corrected chi connectivity index (χ0v) is 45.5. The van der Waals surface area contributed by atoms with Crippen LogP contribution in [0.4, 0.5) is 62.3 Å². The number of imidazole rings is 2. The number of aromatic nitrogens is 8. The van der Waals surface area contributed by atoms with Crippen LogP contribution in [0.3, 0.4) is 0 Å². The number of rotatable bonds is 15. The molecule has 6 N–H and O–H groups in total. The summed E-state index contributed by atoms with van der Waals surface area (Å²) in [6, 6.07) is 3.73. The molecule has 460 valence electrons. The third-order valence-corrected chi connectivity index (χ3v) is 11.6. The summed E-state index contributed by atoms with van der Waals surface area (Å²) in [6.45, 7) is 2.74. The lowest BCUT2D eigenvalue weighted by Gasteiger charge is -2.27. The van der Waals surface area contributed by atoms with Crippen LogP contribution in [-0.4, -0.2) is 185 Å². The molecule has 2 aliphatic rings. The van der Waals surface area contributed by atoms with Gasteiger partial charge in [-0.2, -0.15) is 52.7 Å². The lowest BCUT2D eigenvalue weighted by atomic mass is 10.1. The van der Waals surface area contributed by atoms with E-state index in [1.54, 1.807) is 64.5 Å². The minimum atomic E-state index is -4.55. The Bertz CT molecular complexity index is 3070. The maximum Gasteiger partial charge on any atom is 0.416 e. The molecule has 6 heterocycles. The number of hydrogen-bond donors (Lipinski definition) is 6. The summed E-state index contributed by atoms with van der Waals surface area (Å²) in [7, 11) is 7.22. The van der Waals surface area contributed by atoms with E-state index in [1.165, 1.54) is 14.2 Å². The Morgan fingerprint density at radius 2 is 1.27 bits per heavy atom. The van der Waals surface area contributed by atoms with Crippen molar-refractivity contribution in [2.45, 2.75) is 95.6 Å². The lowest BCUT2D eigenvalue weighted by molar-refractivity contribution is -0.255. The van der Waals surface area contributed by atoms with Crippen LogP contribution in [0, 0.1) is 13.8 Å². The van der Waals surface area contributed by atoms with E-state index >= 15 is 0 Å². The Morgan fingerprint density at radius 3 is 1.75 bits per heavy atom. The van der Waals surface area contributed by atoms with Gasteiger partial charge < -0.3 is 60.0 Å². The number of urea groups is 2. The Morgan fingerprint density at radius 1 is 0.735 bits per heavy atom. The fraction of sp³-hybridized carbons (Fsp3) is 0.532. The molecule has 83 heavy (non-hydrogen) atoms. The molecule has 2 fully saturated rings. The number of nitrogens with one attached hydrogen (secondary N) is 6. The molecule has 0 bridgehead atoms. The second-order valence-corrected chi connectivity index (χ2v) is 18.3. The van der Waals surface area contributed by atoms with Gasteiger partial charge in [0.25, 0.3) is 11.8 Å². The standard InChI is InChI=1S/C19H20F3N7O4.C16H16F6N4O2.C5H9F3O.C5H7N3O2.C2H6O/c1-9-16(28-33-27-9)17(30)23-6-15-24-11-4-3-10(5-12(11)25-15)13(8-32-2)29-7-14(19(20,21)22)26-18(29)31;17-15(18,19)8-28-4-3-13-23-10-2-1-9(5-11(10)24-13)6-26-7-12(16(20,21)22)25-14(26)27;1-4(2,9-3)5(6,7)8;1-3-4(5(9)6-2)8-10-7-3;1-3-2/h3-5,13-14H,6-8H2,1-2H3,(H,23,30)(H,24,25)(H,26,31);1-2,5,12H,3-4,6-8H2,(H,23,24)(H,25,27);1-3H3;1-2H3,(H,6,9);1-2H3. The topological polar surface area (TPSA) is 295 Å². The third-order valence-electron chi connectivity index (χ3n) is 11.6. The van der Waals surface area contributed by atoms with E-state index in [-0.39, 0.29) is 50.0 Å². The zero-order valence-electron chi connectivity index (χ0n) is 45.5. The van der Waals surface area contributed by atoms with Crippen LogP contribution in [0.2, 0.25) is 0 Å². The van der Waals surface area contributed by atoms with Gasteiger partial charge in [0.05, 0.1) is 61.0 Å². The van der Waals surface area contributed by atoms with E-state index in [0.29, 0.717) is 56.2 Å². The highest BCUT2D eigenvalue weighted by Gasteiger charge is 2.50. The SMILES string of the molecule is CNC(=O)c1nonc1C.COC.COC(C)(C)C(F)(F)F.COCC(c1ccc2nc(CNC(=O)c3nonc3C)[nH]c2c1)N1CC(C(F)(F)F)NC1=O.O=C1NC(C(F)(F)F)CN1Cc1ccc2nc(CCOCC(F)(F)F)[nH]c2c1. The number of methoxy groups -OCH3 is 3. The van der Waals surface area contributed by atoms with Gasteiger partial charge in [-0.15, -0.1) is 0 Å². The van der Waals surface area contributed by atoms with E-state index in [1.807, 2.05) is 10.6 Å². The molecule has 3 atom stereocenters. The molecule has 0 spiro atoms. The van der Waals surface area contributed by atoms with Gasteiger partial charge >= 0.3 is 36.8 Å². The van der Waals surface area contributed by atoms with Crippen molar-refractivity contribution < 1.29 is 100 Å². The van der Waals surface area contributed by atoms with Crippen molar-refractivity contribution in [1.29, 1.82) is 0 Å². The molecule has 2 aromatic carbocycles. The number of aromatic amines is 2. The summed E-state index contributed by atoms with van der Waals surface area (Å²) in [5, 5.41) is 22.8. The average molecular weight is 1210 g/mol. The second-order valence-electron chi connectivity index (χ2n) is 18.3. The van der Waals surface area contributed by atoms with E-state index in [0.717, 1.165) is 30.8 Å². The number of carbonyl (C=O) groups is 4. The van der Waals surface area contributed by atoms with Gasteiger partial charge in [-0.25, -0.2) is 28.8 Å². The molecule has 6 amide bonds. The summed E-state index contributed by atoms with van der Waals surface area (Å²) in [6.07, 6.45) is -17.6. The van der Waals surface area contributed by atoms with E-state index in [9.17, 15) is 71.9 Å². The third kappa shape index (κ3) is 19.6. The second kappa shape index (κ2) is 28.9. The monoisotopic (exact) mass is 1210 g/mol. The first-order valence-corrected chi connectivity index (χ1v) is 24.1. The van der Waals surface area contributed by atoms with Crippen molar-refractivity contribution >= 4 is 45.9 Å². The fourth-order valence-electron chi connectivity index (χ4n) is 7.08. The number of aryl methyl sites for hydroxylation is 2. The van der Waals surface area contributed by atoms with Crippen molar-refractivity contribution in [1.82, 2.24) is 71.6 Å². The van der Waals surface area contributed by atoms with Crippen LogP contribution in [0.15, 0.2) is 45.7 Å². The number of H-pyrrole nitrogens is 2. The van der Waals surface area contributed by atoms with Gasteiger partial charge in [-0.1, -0.05) is 22.4 Å². The van der Waals surface area contributed by atoms with Crippen LogP contribution in [-0.2, 0) is 38.5 Å². The summed E-state index contributed by atoms with van der Waals surface area (Å²) < 4.78 is 176. The number of benzene rings is 2. The van der Waals surface area contributed by atoms with Crippen LogP contribution >= 0.6 is 0 Å². The summed E-state index contributed by atoms with van der Waals surface area (Å²) >= 11 is 0. The summed E-state index contributed by atoms with van der Waals surface area (Å²) in [4.78, 5) is 63.7. The highest BCUT2D eigenvalue weighted by atomic mass is 19.4. The normalized spacial score (nSPS) is 15.9. The van der Waals surface area contributed by atoms with E-state index in [4.69, 9.17) is 4.74 Å². The minimum absolute atomic E-state index is 0.00560.